The molecule has 4 unspecified atom stereocenters. The van der Waals surface area contributed by atoms with E-state index >= 15 is 0 Å². The van der Waals surface area contributed by atoms with Crippen LogP contribution in [0, 0.1) is 0 Å². The number of guanidine groups is 1. The molecule has 17 heteroatoms. The molecule has 0 aliphatic rings. The number of nitrogens with two attached hydrogens (primary N) is 3. The number of nitrogens with one attached hydrogen (secondary N) is 4. The highest BCUT2D eigenvalue weighted by molar-refractivity contribution is 7.98. The van der Waals surface area contributed by atoms with Gasteiger partial charge in [0, 0.05) is 24.9 Å². The number of carboxylic acid groups (broad SMARTS) is 2. The monoisotopic (exact) mass is 557 g/mol. The normalized spacial score (nSPS) is 13.8. The Morgan fingerprint density at radius 2 is 1.66 bits per heavy atom. The van der Waals surface area contributed by atoms with Crippen LogP contribution in [0.15, 0.2) is 17.5 Å². The summed E-state index contributed by atoms with van der Waals surface area (Å²) in [5.41, 5.74) is 17.0. The number of hydrogen-bond donors (Lipinski definition) is 9. The Kier molecular flexibility index (Phi) is 14.2. The van der Waals surface area contributed by atoms with Gasteiger partial charge in [-0.3, -0.25) is 24.2 Å². The number of nitrogens with zero attached hydrogens (tertiary/aromatic N) is 2. The number of rotatable bonds is 18. The number of carboxylic acids is 2. The number of carbonyl (C=O) groups is 5. The van der Waals surface area contributed by atoms with Gasteiger partial charge in [0.1, 0.15) is 18.1 Å². The van der Waals surface area contributed by atoms with Gasteiger partial charge < -0.3 is 48.3 Å². The fraction of sp³-hybridized carbons (Fsp3) is 0.571. The molecule has 1 heterocycles. The summed E-state index contributed by atoms with van der Waals surface area (Å²) in [5, 5.41) is 25.8. The first-order valence-corrected chi connectivity index (χ1v) is 13.0. The molecule has 0 aliphatic heterocycles. The van der Waals surface area contributed by atoms with Crippen LogP contribution in [0.25, 0.3) is 0 Å². The SMILES string of the molecule is CSCCC(NC(=O)C(N)Cc1cnc[nH]1)C(=O)NC(CC(=O)O)C(=O)NC(CCCN=C(N)N)C(=O)O. The maximum Gasteiger partial charge on any atom is 0.326 e. The van der Waals surface area contributed by atoms with Crippen molar-refractivity contribution in [3.63, 3.8) is 0 Å². The molecule has 0 fully saturated rings. The van der Waals surface area contributed by atoms with Gasteiger partial charge in [-0.15, -0.1) is 0 Å². The standard InChI is InChI=1S/C21H35N9O7S/c1-38-6-4-13(28-17(33)12(22)7-11-9-25-10-27-11)18(34)30-15(8-16(31)32)19(35)29-14(20(36)37)3-2-5-26-21(23)24/h9-10,12-15H,2-8,22H2,1H3,(H,25,27)(H,28,33)(H,29,35)(H,30,34)(H,31,32)(H,36,37)(H4,23,24,26). The van der Waals surface area contributed by atoms with Crippen molar-refractivity contribution in [3.8, 4) is 0 Å². The van der Waals surface area contributed by atoms with Gasteiger partial charge in [-0.2, -0.15) is 11.8 Å². The summed E-state index contributed by atoms with van der Waals surface area (Å²) in [6.45, 7) is 0.122. The smallest absolute Gasteiger partial charge is 0.326 e. The highest BCUT2D eigenvalue weighted by Crippen LogP contribution is 2.06. The molecule has 1 aromatic heterocycles. The van der Waals surface area contributed by atoms with Crippen LogP contribution in [0.5, 0.6) is 0 Å². The topological polar surface area (TPSA) is 281 Å². The average Bonchev–Trinajstić information content (AvgIpc) is 3.35. The maximum atomic E-state index is 13.0. The predicted octanol–water partition coefficient (Wildman–Crippen LogP) is -2.90. The summed E-state index contributed by atoms with van der Waals surface area (Å²) < 4.78 is 0. The summed E-state index contributed by atoms with van der Waals surface area (Å²) in [7, 11) is 0. The minimum absolute atomic E-state index is 0.0494. The number of thioether (sulfide) groups is 1. The van der Waals surface area contributed by atoms with E-state index in [2.05, 4.69) is 30.9 Å². The molecular weight excluding hydrogens is 522 g/mol. The summed E-state index contributed by atoms with van der Waals surface area (Å²) in [6.07, 6.45) is 4.37. The Labute approximate surface area is 223 Å². The zero-order chi connectivity index (χ0) is 28.7. The molecule has 0 aromatic carbocycles. The molecule has 4 atom stereocenters. The Morgan fingerprint density at radius 3 is 2.21 bits per heavy atom. The molecule has 3 amide bonds. The van der Waals surface area contributed by atoms with E-state index in [1.165, 1.54) is 24.3 Å². The van der Waals surface area contributed by atoms with E-state index in [1.54, 1.807) is 6.26 Å². The van der Waals surface area contributed by atoms with Gasteiger partial charge in [-0.05, 0) is 31.3 Å². The van der Waals surface area contributed by atoms with Gasteiger partial charge in [0.15, 0.2) is 5.96 Å². The number of aromatic nitrogens is 2. The number of imidazole rings is 1. The van der Waals surface area contributed by atoms with Gasteiger partial charge in [-0.1, -0.05) is 0 Å². The van der Waals surface area contributed by atoms with E-state index in [9.17, 15) is 34.2 Å². The molecule has 212 valence electrons. The molecule has 0 radical (unpaired) electrons. The molecular formula is C21H35N9O7S. The molecule has 0 spiro atoms. The van der Waals surface area contributed by atoms with E-state index in [-0.39, 0.29) is 38.2 Å². The lowest BCUT2D eigenvalue weighted by molar-refractivity contribution is -0.143. The molecule has 38 heavy (non-hydrogen) atoms. The lowest BCUT2D eigenvalue weighted by atomic mass is 10.1. The van der Waals surface area contributed by atoms with Gasteiger partial charge in [0.25, 0.3) is 0 Å². The number of aliphatic carboxylic acids is 2. The van der Waals surface area contributed by atoms with E-state index < -0.39 is 60.2 Å². The van der Waals surface area contributed by atoms with Crippen LogP contribution >= 0.6 is 11.8 Å². The van der Waals surface area contributed by atoms with Crippen LogP contribution in [0.1, 0.15) is 31.4 Å². The number of aromatic amines is 1. The van der Waals surface area contributed by atoms with Crippen LogP contribution in [0.4, 0.5) is 0 Å². The van der Waals surface area contributed by atoms with Crippen molar-refractivity contribution in [2.24, 2.45) is 22.2 Å². The van der Waals surface area contributed by atoms with E-state index in [1.807, 2.05) is 0 Å². The predicted molar refractivity (Wildman–Crippen MR) is 139 cm³/mol. The van der Waals surface area contributed by atoms with Crippen molar-refractivity contribution in [3.05, 3.63) is 18.2 Å². The lowest BCUT2D eigenvalue weighted by Gasteiger charge is -2.24. The van der Waals surface area contributed by atoms with E-state index in [0.717, 1.165) is 0 Å². The molecule has 12 N–H and O–H groups in total. The quantitative estimate of drug-likeness (QED) is 0.0499. The number of hydrogen-bond acceptors (Lipinski definition) is 9. The van der Waals surface area contributed by atoms with Crippen LogP contribution in [0.2, 0.25) is 0 Å². The Morgan fingerprint density at radius 1 is 1.03 bits per heavy atom. The van der Waals surface area contributed by atoms with Gasteiger partial charge >= 0.3 is 11.9 Å². The van der Waals surface area contributed by atoms with Crippen molar-refractivity contribution in [2.45, 2.75) is 56.3 Å². The zero-order valence-corrected chi connectivity index (χ0v) is 21.7. The largest absolute Gasteiger partial charge is 0.481 e. The van der Waals surface area contributed by atoms with E-state index in [4.69, 9.17) is 17.2 Å². The van der Waals surface area contributed by atoms with Gasteiger partial charge in [-0.25, -0.2) is 9.78 Å². The van der Waals surface area contributed by atoms with Crippen LogP contribution in [-0.2, 0) is 30.4 Å². The first-order chi connectivity index (χ1) is 17.9. The third-order valence-corrected chi connectivity index (χ3v) is 5.79. The van der Waals surface area contributed by atoms with Crippen LogP contribution < -0.4 is 33.2 Å². The Hall–Kier alpha value is -3.86. The second-order valence-corrected chi connectivity index (χ2v) is 9.22. The second-order valence-electron chi connectivity index (χ2n) is 8.24. The zero-order valence-electron chi connectivity index (χ0n) is 20.9. The van der Waals surface area contributed by atoms with Crippen molar-refractivity contribution in [2.75, 3.05) is 18.6 Å². The molecule has 0 saturated heterocycles. The summed E-state index contributed by atoms with van der Waals surface area (Å²) in [5.74, 6) is -4.94. The van der Waals surface area contributed by atoms with Crippen molar-refractivity contribution >= 4 is 47.4 Å². The van der Waals surface area contributed by atoms with E-state index in [0.29, 0.717) is 11.4 Å². The molecule has 0 saturated carbocycles. The lowest BCUT2D eigenvalue weighted by Crippen LogP contribution is -2.57. The first kappa shape index (κ1) is 32.2. The Balaban J connectivity index is 2.90. The van der Waals surface area contributed by atoms with Crippen molar-refractivity contribution in [1.29, 1.82) is 0 Å². The van der Waals surface area contributed by atoms with Crippen LogP contribution in [-0.4, -0.2) is 98.5 Å². The minimum atomic E-state index is -1.60. The fourth-order valence-electron chi connectivity index (χ4n) is 3.20. The molecule has 0 bridgehead atoms. The number of aliphatic imine (C=N–C) groups is 1. The molecule has 1 rings (SSSR count). The third kappa shape index (κ3) is 12.4. The summed E-state index contributed by atoms with van der Waals surface area (Å²) >= 11 is 1.41. The molecule has 16 nitrogen and oxygen atoms in total. The number of carbonyl (C=O) groups excluding carboxylic acids is 3. The Bertz CT molecular complexity index is 970. The van der Waals surface area contributed by atoms with Crippen molar-refractivity contribution < 1.29 is 34.2 Å². The summed E-state index contributed by atoms with van der Waals surface area (Å²) in [4.78, 5) is 71.7. The highest BCUT2D eigenvalue weighted by Gasteiger charge is 2.31. The maximum absolute atomic E-state index is 13.0. The average molecular weight is 558 g/mol. The van der Waals surface area contributed by atoms with Crippen molar-refractivity contribution in [1.82, 2.24) is 25.9 Å². The fourth-order valence-corrected chi connectivity index (χ4v) is 3.67. The minimum Gasteiger partial charge on any atom is -0.481 e. The molecule has 1 aromatic rings. The molecule has 0 aliphatic carbocycles. The van der Waals surface area contributed by atoms with Gasteiger partial charge in [0.2, 0.25) is 17.7 Å². The number of amides is 3. The first-order valence-electron chi connectivity index (χ1n) is 11.6. The summed E-state index contributed by atoms with van der Waals surface area (Å²) in [6, 6.07) is -5.11. The third-order valence-electron chi connectivity index (χ3n) is 5.15. The highest BCUT2D eigenvalue weighted by atomic mass is 32.2. The van der Waals surface area contributed by atoms with Crippen LogP contribution in [0.3, 0.4) is 0 Å². The second kappa shape index (κ2) is 16.8. The number of H-pyrrole nitrogens is 1. The van der Waals surface area contributed by atoms with Gasteiger partial charge in [0.05, 0.1) is 18.8 Å².